The molecule has 1 aromatic rings. The van der Waals surface area contributed by atoms with Crippen LogP contribution in [0.25, 0.3) is 0 Å². The molecule has 1 aliphatic heterocycles. The Hall–Kier alpha value is -1.60. The van der Waals surface area contributed by atoms with Crippen LogP contribution in [-0.4, -0.2) is 44.6 Å². The first kappa shape index (κ1) is 19.7. The van der Waals surface area contributed by atoms with Crippen LogP contribution in [0.5, 0.6) is 5.75 Å². The molecule has 0 bridgehead atoms. The van der Waals surface area contributed by atoms with Gasteiger partial charge >= 0.3 is 0 Å². The predicted molar refractivity (Wildman–Crippen MR) is 97.9 cm³/mol. The summed E-state index contributed by atoms with van der Waals surface area (Å²) in [5.41, 5.74) is 1.02. The summed E-state index contributed by atoms with van der Waals surface area (Å²) < 4.78 is 30.7. The van der Waals surface area contributed by atoms with Crippen molar-refractivity contribution in [2.24, 2.45) is 5.92 Å². The van der Waals surface area contributed by atoms with E-state index in [1.165, 1.54) is 4.31 Å². The molecule has 140 valence electrons. The number of carbonyl (C=O) groups excluding carboxylic acids is 1. The maximum Gasteiger partial charge on any atom is 0.224 e. The molecule has 1 aliphatic rings. The molecule has 6 nitrogen and oxygen atoms in total. The largest absolute Gasteiger partial charge is 0.497 e. The summed E-state index contributed by atoms with van der Waals surface area (Å²) in [5, 5.41) is 3.08. The summed E-state index contributed by atoms with van der Waals surface area (Å²) >= 11 is 0. The van der Waals surface area contributed by atoms with E-state index in [1.54, 1.807) is 14.0 Å². The lowest BCUT2D eigenvalue weighted by atomic mass is 9.97. The molecule has 1 N–H and O–H groups in total. The minimum absolute atomic E-state index is 0.0707. The lowest BCUT2D eigenvalue weighted by Gasteiger charge is -2.32. The number of benzene rings is 1. The van der Waals surface area contributed by atoms with Crippen molar-refractivity contribution in [1.82, 2.24) is 9.62 Å². The topological polar surface area (TPSA) is 75.7 Å². The first-order chi connectivity index (χ1) is 11.9. The fraction of sp³-hybridized carbons (Fsp3) is 0.611. The van der Waals surface area contributed by atoms with Crippen LogP contribution < -0.4 is 10.1 Å². The minimum Gasteiger partial charge on any atom is -0.497 e. The first-order valence-electron chi connectivity index (χ1n) is 8.83. The Balaban J connectivity index is 2.03. The van der Waals surface area contributed by atoms with Crippen LogP contribution >= 0.6 is 0 Å². The number of methoxy groups -OCH3 is 1. The molecule has 0 radical (unpaired) electrons. The average Bonchev–Trinajstić information content (AvgIpc) is 2.66. The van der Waals surface area contributed by atoms with Crippen LogP contribution in [0.3, 0.4) is 0 Å². The number of carbonyl (C=O) groups is 1. The zero-order chi connectivity index (χ0) is 18.4. The van der Waals surface area contributed by atoms with Crippen molar-refractivity contribution in [2.45, 2.75) is 39.2 Å². The van der Waals surface area contributed by atoms with Gasteiger partial charge in [-0.15, -0.1) is 0 Å². The van der Waals surface area contributed by atoms with E-state index in [2.05, 4.69) is 5.32 Å². The molecular weight excluding hydrogens is 340 g/mol. The van der Waals surface area contributed by atoms with Crippen molar-refractivity contribution in [1.29, 1.82) is 0 Å². The number of ether oxygens (including phenoxy) is 1. The van der Waals surface area contributed by atoms with Crippen LogP contribution in [0, 0.1) is 5.92 Å². The van der Waals surface area contributed by atoms with Gasteiger partial charge in [-0.2, -0.15) is 0 Å². The Labute approximate surface area is 150 Å². The molecule has 7 heteroatoms. The average molecular weight is 368 g/mol. The molecule has 1 heterocycles. The Morgan fingerprint density at radius 1 is 1.32 bits per heavy atom. The molecule has 0 aliphatic carbocycles. The van der Waals surface area contributed by atoms with E-state index in [4.69, 9.17) is 4.74 Å². The van der Waals surface area contributed by atoms with Gasteiger partial charge in [-0.25, -0.2) is 12.7 Å². The third-order valence-electron chi connectivity index (χ3n) is 4.76. The minimum atomic E-state index is -3.24. The standard InChI is InChI=1S/C18H28N2O4S/c1-4-17(14-8-10-16(24-3)11-9-14)19-18(21)15-7-6-12-20(13-15)25(22,23)5-2/h8-11,15,17H,4-7,12-13H2,1-3H3,(H,19,21). The summed E-state index contributed by atoms with van der Waals surface area (Å²) in [6.07, 6.45) is 2.21. The van der Waals surface area contributed by atoms with Gasteiger partial charge in [0.25, 0.3) is 0 Å². The van der Waals surface area contributed by atoms with Gasteiger partial charge in [0.05, 0.1) is 24.8 Å². The van der Waals surface area contributed by atoms with E-state index in [1.807, 2.05) is 31.2 Å². The van der Waals surface area contributed by atoms with Gasteiger partial charge in [0.2, 0.25) is 15.9 Å². The van der Waals surface area contributed by atoms with Crippen LogP contribution in [0.15, 0.2) is 24.3 Å². The Kier molecular flexibility index (Phi) is 6.84. The summed E-state index contributed by atoms with van der Waals surface area (Å²) in [7, 11) is -1.62. The van der Waals surface area contributed by atoms with Crippen molar-refractivity contribution in [3.63, 3.8) is 0 Å². The van der Waals surface area contributed by atoms with Crippen LogP contribution in [0.4, 0.5) is 0 Å². The molecule has 2 rings (SSSR count). The maximum absolute atomic E-state index is 12.7. The lowest BCUT2D eigenvalue weighted by Crippen LogP contribution is -2.46. The number of hydrogen-bond donors (Lipinski definition) is 1. The zero-order valence-electron chi connectivity index (χ0n) is 15.2. The van der Waals surface area contributed by atoms with Crippen molar-refractivity contribution >= 4 is 15.9 Å². The molecule has 1 fully saturated rings. The Morgan fingerprint density at radius 3 is 2.56 bits per heavy atom. The fourth-order valence-corrected chi connectivity index (χ4v) is 4.32. The zero-order valence-corrected chi connectivity index (χ0v) is 16.0. The third kappa shape index (κ3) is 4.95. The van der Waals surface area contributed by atoms with Crippen LogP contribution in [0.1, 0.15) is 44.7 Å². The quantitative estimate of drug-likeness (QED) is 0.801. The van der Waals surface area contributed by atoms with E-state index in [0.29, 0.717) is 6.54 Å². The smallest absolute Gasteiger partial charge is 0.224 e. The second-order valence-electron chi connectivity index (χ2n) is 6.34. The Morgan fingerprint density at radius 2 is 2.00 bits per heavy atom. The molecule has 1 aromatic carbocycles. The number of hydrogen-bond acceptors (Lipinski definition) is 4. The van der Waals surface area contributed by atoms with Crippen LogP contribution in [0.2, 0.25) is 0 Å². The highest BCUT2D eigenvalue weighted by atomic mass is 32.2. The van der Waals surface area contributed by atoms with Crippen molar-refractivity contribution in [3.8, 4) is 5.75 Å². The van der Waals surface area contributed by atoms with E-state index in [-0.39, 0.29) is 30.2 Å². The van der Waals surface area contributed by atoms with Gasteiger partial charge in [-0.1, -0.05) is 19.1 Å². The molecule has 2 unspecified atom stereocenters. The number of rotatable bonds is 7. The molecule has 2 atom stereocenters. The summed E-state index contributed by atoms with van der Waals surface area (Å²) in [6.45, 7) is 4.44. The van der Waals surface area contributed by atoms with E-state index in [0.717, 1.165) is 30.6 Å². The molecular formula is C18H28N2O4S. The molecule has 25 heavy (non-hydrogen) atoms. The SMILES string of the molecule is CCC(NC(=O)C1CCCN(S(=O)(=O)CC)C1)c1ccc(OC)cc1. The van der Waals surface area contributed by atoms with E-state index >= 15 is 0 Å². The van der Waals surface area contributed by atoms with Gasteiger partial charge in [0.1, 0.15) is 5.75 Å². The summed E-state index contributed by atoms with van der Waals surface area (Å²) in [5.74, 6) is 0.490. The van der Waals surface area contributed by atoms with Crippen molar-refractivity contribution < 1.29 is 17.9 Å². The highest BCUT2D eigenvalue weighted by molar-refractivity contribution is 7.89. The molecule has 0 saturated carbocycles. The monoisotopic (exact) mass is 368 g/mol. The normalized spacial score (nSPS) is 20.0. The number of nitrogens with one attached hydrogen (secondary N) is 1. The molecule has 1 saturated heterocycles. The second-order valence-corrected chi connectivity index (χ2v) is 8.60. The van der Waals surface area contributed by atoms with E-state index < -0.39 is 10.0 Å². The number of piperidine rings is 1. The van der Waals surface area contributed by atoms with Crippen molar-refractivity contribution in [2.75, 3.05) is 26.0 Å². The number of nitrogens with zero attached hydrogens (tertiary/aromatic N) is 1. The van der Waals surface area contributed by atoms with Gasteiger partial charge < -0.3 is 10.1 Å². The van der Waals surface area contributed by atoms with Crippen LogP contribution in [-0.2, 0) is 14.8 Å². The maximum atomic E-state index is 12.7. The Bertz CT molecular complexity index is 673. The highest BCUT2D eigenvalue weighted by Crippen LogP contribution is 2.23. The lowest BCUT2D eigenvalue weighted by molar-refractivity contribution is -0.126. The summed E-state index contributed by atoms with van der Waals surface area (Å²) in [6, 6.07) is 7.56. The number of amides is 1. The van der Waals surface area contributed by atoms with Gasteiger partial charge in [-0.05, 0) is 43.9 Å². The second kappa shape index (κ2) is 8.67. The highest BCUT2D eigenvalue weighted by Gasteiger charge is 2.32. The third-order valence-corrected chi connectivity index (χ3v) is 6.60. The van der Waals surface area contributed by atoms with Crippen molar-refractivity contribution in [3.05, 3.63) is 29.8 Å². The first-order valence-corrected chi connectivity index (χ1v) is 10.4. The fourth-order valence-electron chi connectivity index (χ4n) is 3.14. The van der Waals surface area contributed by atoms with Gasteiger partial charge in [-0.3, -0.25) is 4.79 Å². The van der Waals surface area contributed by atoms with Gasteiger partial charge in [0.15, 0.2) is 0 Å². The summed E-state index contributed by atoms with van der Waals surface area (Å²) in [4.78, 5) is 12.7. The predicted octanol–water partition coefficient (Wildman–Crippen LogP) is 2.32. The van der Waals surface area contributed by atoms with Gasteiger partial charge in [0, 0.05) is 13.1 Å². The molecule has 1 amide bonds. The number of sulfonamides is 1. The molecule has 0 aromatic heterocycles. The molecule has 0 spiro atoms. The van der Waals surface area contributed by atoms with E-state index in [9.17, 15) is 13.2 Å².